The molecule has 0 bridgehead atoms. The molecule has 0 aliphatic carbocycles. The van der Waals surface area contributed by atoms with Crippen LogP contribution in [0.15, 0.2) is 70.6 Å². The zero-order chi connectivity index (χ0) is 19.7. The number of carbonyl (C=O) groups is 1. The van der Waals surface area contributed by atoms with Crippen molar-refractivity contribution in [3.8, 4) is 5.69 Å². The molecule has 1 aromatic heterocycles. The summed E-state index contributed by atoms with van der Waals surface area (Å²) >= 11 is 7.40. The Labute approximate surface area is 172 Å². The number of nitrogens with zero attached hydrogens (tertiary/aromatic N) is 2. The highest BCUT2D eigenvalue weighted by Crippen LogP contribution is 2.31. The molecule has 4 rings (SSSR count). The van der Waals surface area contributed by atoms with Crippen molar-refractivity contribution in [3.63, 3.8) is 0 Å². The van der Waals surface area contributed by atoms with Gasteiger partial charge < -0.3 is 9.88 Å². The van der Waals surface area contributed by atoms with Crippen molar-refractivity contribution in [3.05, 3.63) is 87.5 Å². The van der Waals surface area contributed by atoms with E-state index in [0.29, 0.717) is 15.1 Å². The molecule has 1 fully saturated rings. The highest BCUT2D eigenvalue weighted by molar-refractivity contribution is 8.18. The van der Waals surface area contributed by atoms with Gasteiger partial charge in [0, 0.05) is 22.1 Å². The van der Waals surface area contributed by atoms with Crippen molar-refractivity contribution in [2.24, 2.45) is 4.99 Å². The lowest BCUT2D eigenvalue weighted by atomic mass is 10.2. The summed E-state index contributed by atoms with van der Waals surface area (Å²) in [6.07, 6.45) is 1.90. The lowest BCUT2D eigenvalue weighted by molar-refractivity contribution is -0.115. The van der Waals surface area contributed by atoms with Gasteiger partial charge in [-0.25, -0.2) is 4.99 Å². The van der Waals surface area contributed by atoms with Crippen LogP contribution in [-0.4, -0.2) is 15.6 Å². The molecule has 2 aromatic carbocycles. The number of aryl methyl sites for hydroxylation is 2. The van der Waals surface area contributed by atoms with Gasteiger partial charge in [-0.2, -0.15) is 0 Å². The summed E-state index contributed by atoms with van der Waals surface area (Å²) in [6, 6.07) is 19.7. The summed E-state index contributed by atoms with van der Waals surface area (Å²) in [5.74, 6) is -0.151. The van der Waals surface area contributed by atoms with Gasteiger partial charge in [-0.15, -0.1) is 0 Å². The fourth-order valence-corrected chi connectivity index (χ4v) is 4.01. The third-order valence-electron chi connectivity index (χ3n) is 4.44. The van der Waals surface area contributed by atoms with E-state index in [4.69, 9.17) is 11.6 Å². The highest BCUT2D eigenvalue weighted by Gasteiger charge is 2.24. The van der Waals surface area contributed by atoms with Crippen molar-refractivity contribution >= 4 is 46.2 Å². The van der Waals surface area contributed by atoms with Gasteiger partial charge in [0.25, 0.3) is 5.91 Å². The summed E-state index contributed by atoms with van der Waals surface area (Å²) < 4.78 is 2.12. The Morgan fingerprint density at radius 3 is 2.64 bits per heavy atom. The number of amides is 1. The average Bonchev–Trinajstić information content (AvgIpc) is 3.21. The van der Waals surface area contributed by atoms with Crippen molar-refractivity contribution < 1.29 is 4.79 Å². The Morgan fingerprint density at radius 1 is 1.07 bits per heavy atom. The van der Waals surface area contributed by atoms with Crippen LogP contribution in [0.3, 0.4) is 0 Å². The zero-order valence-corrected chi connectivity index (χ0v) is 17.0. The van der Waals surface area contributed by atoms with Crippen LogP contribution in [-0.2, 0) is 4.79 Å². The van der Waals surface area contributed by atoms with Crippen LogP contribution >= 0.6 is 23.4 Å². The largest absolute Gasteiger partial charge is 0.314 e. The Kier molecular flexibility index (Phi) is 5.11. The Hall–Kier alpha value is -2.76. The van der Waals surface area contributed by atoms with Crippen molar-refractivity contribution in [2.75, 3.05) is 0 Å². The summed E-state index contributed by atoms with van der Waals surface area (Å²) in [7, 11) is 0. The maximum absolute atomic E-state index is 12.5. The molecule has 1 N–H and O–H groups in total. The van der Waals surface area contributed by atoms with Crippen molar-refractivity contribution in [1.29, 1.82) is 0 Å². The Balaban J connectivity index is 1.67. The molecule has 1 saturated heterocycles. The highest BCUT2D eigenvalue weighted by atomic mass is 35.5. The molecule has 1 aliphatic heterocycles. The van der Waals surface area contributed by atoms with Gasteiger partial charge in [0.2, 0.25) is 0 Å². The number of hydrogen-bond donors (Lipinski definition) is 1. The van der Waals surface area contributed by atoms with Crippen molar-refractivity contribution in [2.45, 2.75) is 13.8 Å². The summed E-state index contributed by atoms with van der Waals surface area (Å²) in [5, 5.41) is 4.01. The van der Waals surface area contributed by atoms with Gasteiger partial charge >= 0.3 is 0 Å². The number of rotatable bonds is 3. The van der Waals surface area contributed by atoms with Crippen LogP contribution in [0.25, 0.3) is 11.8 Å². The van der Waals surface area contributed by atoms with Crippen LogP contribution in [0.2, 0.25) is 5.02 Å². The predicted octanol–water partition coefficient (Wildman–Crippen LogP) is 5.64. The standard InChI is InChI=1S/C22H18ClN3OS/c1-14-8-10-16(23)12-19(14)24-22-25-21(27)20(28-22)13-18-11-9-15(2)26(18)17-6-4-3-5-7-17/h3-13H,1-2H3,(H,24,25,27)/b20-13-. The second-order valence-corrected chi connectivity index (χ2v) is 7.95. The van der Waals surface area contributed by atoms with E-state index in [9.17, 15) is 4.79 Å². The number of benzene rings is 2. The van der Waals surface area contributed by atoms with Gasteiger partial charge in [-0.1, -0.05) is 35.9 Å². The molecule has 6 heteroatoms. The predicted molar refractivity (Wildman–Crippen MR) is 118 cm³/mol. The third-order valence-corrected chi connectivity index (χ3v) is 5.59. The van der Waals surface area contributed by atoms with Gasteiger partial charge in [-0.3, -0.25) is 4.79 Å². The number of carbonyl (C=O) groups excluding carboxylic acids is 1. The molecular weight excluding hydrogens is 390 g/mol. The number of thioether (sulfide) groups is 1. The number of halogens is 1. The molecule has 1 aliphatic rings. The Morgan fingerprint density at radius 2 is 1.86 bits per heavy atom. The number of aromatic nitrogens is 1. The third kappa shape index (κ3) is 3.77. The van der Waals surface area contributed by atoms with Crippen molar-refractivity contribution in [1.82, 2.24) is 9.88 Å². The first-order valence-corrected chi connectivity index (χ1v) is 10.0. The fraction of sp³-hybridized carbons (Fsp3) is 0.0909. The molecule has 1 amide bonds. The SMILES string of the molecule is Cc1ccc(Cl)cc1N=C1NC(=O)/C(=C/c2ccc(C)n2-c2ccccc2)S1. The van der Waals surface area contributed by atoms with E-state index < -0.39 is 0 Å². The Bertz CT molecular complexity index is 1120. The van der Waals surface area contributed by atoms with E-state index in [1.165, 1.54) is 11.8 Å². The second-order valence-electron chi connectivity index (χ2n) is 6.48. The van der Waals surface area contributed by atoms with E-state index in [2.05, 4.69) is 14.9 Å². The zero-order valence-electron chi connectivity index (χ0n) is 15.4. The first-order chi connectivity index (χ1) is 13.5. The molecule has 2 heterocycles. The quantitative estimate of drug-likeness (QED) is 0.571. The molecule has 0 atom stereocenters. The summed E-state index contributed by atoms with van der Waals surface area (Å²) in [5.41, 5.74) is 4.85. The molecular formula is C22H18ClN3OS. The molecule has 140 valence electrons. The number of para-hydroxylation sites is 1. The number of aliphatic imine (C=N–C) groups is 1. The number of nitrogens with one attached hydrogen (secondary N) is 1. The molecule has 0 unspecified atom stereocenters. The lowest BCUT2D eigenvalue weighted by Gasteiger charge is -2.09. The van der Waals surface area contributed by atoms with Crippen LogP contribution in [0.4, 0.5) is 5.69 Å². The van der Waals surface area contributed by atoms with Gasteiger partial charge in [-0.05, 0) is 73.6 Å². The molecule has 28 heavy (non-hydrogen) atoms. The van der Waals surface area contributed by atoms with E-state index >= 15 is 0 Å². The van der Waals surface area contributed by atoms with E-state index in [-0.39, 0.29) is 5.91 Å². The van der Waals surface area contributed by atoms with Gasteiger partial charge in [0.15, 0.2) is 5.17 Å². The molecule has 4 nitrogen and oxygen atoms in total. The van der Waals surface area contributed by atoms with E-state index in [0.717, 1.165) is 28.3 Å². The first-order valence-electron chi connectivity index (χ1n) is 8.81. The topological polar surface area (TPSA) is 46.4 Å². The minimum absolute atomic E-state index is 0.151. The maximum atomic E-state index is 12.5. The number of amidine groups is 1. The normalized spacial score (nSPS) is 16.8. The number of hydrogen-bond acceptors (Lipinski definition) is 3. The van der Waals surface area contributed by atoms with Gasteiger partial charge in [0.1, 0.15) is 0 Å². The second kappa shape index (κ2) is 7.70. The van der Waals surface area contributed by atoms with E-state index in [1.807, 2.05) is 74.5 Å². The monoisotopic (exact) mass is 407 g/mol. The molecule has 0 saturated carbocycles. The molecule has 0 spiro atoms. The molecule has 3 aromatic rings. The lowest BCUT2D eigenvalue weighted by Crippen LogP contribution is -2.19. The van der Waals surface area contributed by atoms with E-state index in [1.54, 1.807) is 6.07 Å². The average molecular weight is 408 g/mol. The summed E-state index contributed by atoms with van der Waals surface area (Å²) in [4.78, 5) is 17.6. The fourth-order valence-electron chi connectivity index (χ4n) is 3.03. The molecule has 0 radical (unpaired) electrons. The smallest absolute Gasteiger partial charge is 0.264 e. The van der Waals surface area contributed by atoms with Crippen LogP contribution in [0.1, 0.15) is 17.0 Å². The van der Waals surface area contributed by atoms with Gasteiger partial charge in [0.05, 0.1) is 10.6 Å². The minimum Gasteiger partial charge on any atom is -0.314 e. The maximum Gasteiger partial charge on any atom is 0.264 e. The van der Waals surface area contributed by atoms with Crippen LogP contribution in [0, 0.1) is 13.8 Å². The minimum atomic E-state index is -0.151. The first kappa shape index (κ1) is 18.6. The summed E-state index contributed by atoms with van der Waals surface area (Å²) in [6.45, 7) is 4.01. The van der Waals surface area contributed by atoms with Crippen LogP contribution < -0.4 is 5.32 Å². The van der Waals surface area contributed by atoms with Crippen LogP contribution in [0.5, 0.6) is 0 Å².